The predicted octanol–water partition coefficient (Wildman–Crippen LogP) is 2.41. The van der Waals surface area contributed by atoms with Crippen LogP contribution < -0.4 is 10.6 Å². The Kier molecular flexibility index (Phi) is 6.50. The summed E-state index contributed by atoms with van der Waals surface area (Å²) in [5.41, 5.74) is 0.355. The molecule has 0 radical (unpaired) electrons. The molecule has 1 rings (SSSR count). The highest BCUT2D eigenvalue weighted by molar-refractivity contribution is 8.00. The van der Waals surface area contributed by atoms with Crippen LogP contribution >= 0.6 is 11.8 Å². The number of carbonyl (C=O) groups excluding carboxylic acids is 1. The molecule has 1 saturated carbocycles. The monoisotopic (exact) mass is 272 g/mol. The quantitative estimate of drug-likeness (QED) is 0.748. The van der Waals surface area contributed by atoms with Crippen molar-refractivity contribution in [3.63, 3.8) is 0 Å². The summed E-state index contributed by atoms with van der Waals surface area (Å²) in [6.07, 6.45) is 3.47. The van der Waals surface area contributed by atoms with Crippen LogP contribution in [0.2, 0.25) is 0 Å². The first-order valence-corrected chi connectivity index (χ1v) is 8.17. The summed E-state index contributed by atoms with van der Waals surface area (Å²) in [5, 5.41) is 7.12. The minimum Gasteiger partial charge on any atom is -0.355 e. The molecule has 2 N–H and O–H groups in total. The number of hydrogen-bond donors (Lipinski definition) is 2. The number of nitrogens with one attached hydrogen (secondary N) is 2. The fourth-order valence-corrected chi connectivity index (χ4v) is 4.05. The van der Waals surface area contributed by atoms with Gasteiger partial charge in [-0.1, -0.05) is 27.7 Å². The van der Waals surface area contributed by atoms with Crippen LogP contribution in [0.15, 0.2) is 0 Å². The fraction of sp³-hybridized carbons (Fsp3) is 0.929. The Morgan fingerprint density at radius 2 is 2.11 bits per heavy atom. The Hall–Kier alpha value is -0.220. The van der Waals surface area contributed by atoms with Crippen LogP contribution in [0.4, 0.5) is 0 Å². The predicted molar refractivity (Wildman–Crippen MR) is 80.0 cm³/mol. The topological polar surface area (TPSA) is 41.1 Å². The molecule has 2 atom stereocenters. The highest BCUT2D eigenvalue weighted by atomic mass is 32.2. The van der Waals surface area contributed by atoms with Crippen LogP contribution in [0, 0.1) is 5.41 Å². The molecule has 18 heavy (non-hydrogen) atoms. The summed E-state index contributed by atoms with van der Waals surface area (Å²) in [5.74, 6) is 0.782. The molecule has 2 unspecified atom stereocenters. The molecule has 0 spiro atoms. The Bertz CT molecular complexity index is 269. The van der Waals surface area contributed by atoms with E-state index >= 15 is 0 Å². The van der Waals surface area contributed by atoms with Gasteiger partial charge in [-0.3, -0.25) is 4.79 Å². The molecule has 1 fully saturated rings. The summed E-state index contributed by atoms with van der Waals surface area (Å²) in [6, 6.07) is 0.534. The van der Waals surface area contributed by atoms with Crippen molar-refractivity contribution < 1.29 is 4.79 Å². The van der Waals surface area contributed by atoms with Gasteiger partial charge in [0.05, 0.1) is 5.75 Å². The molecule has 0 saturated heterocycles. The fourth-order valence-electron chi connectivity index (χ4n) is 2.65. The molecular weight excluding hydrogens is 244 g/mol. The lowest BCUT2D eigenvalue weighted by Gasteiger charge is -2.31. The third-order valence-corrected chi connectivity index (χ3v) is 5.08. The van der Waals surface area contributed by atoms with Gasteiger partial charge in [0.2, 0.25) is 5.91 Å². The standard InChI is InChI=1S/C14H28N2OS/c1-5-9-16-12(17)10-18-11-7-8-14(3,4)13(11)15-6-2/h11,13,15H,5-10H2,1-4H3,(H,16,17). The lowest BCUT2D eigenvalue weighted by atomic mass is 9.87. The molecule has 0 aliphatic heterocycles. The first-order valence-electron chi connectivity index (χ1n) is 7.13. The van der Waals surface area contributed by atoms with Crippen molar-refractivity contribution in [2.75, 3.05) is 18.8 Å². The van der Waals surface area contributed by atoms with E-state index in [1.807, 2.05) is 11.8 Å². The largest absolute Gasteiger partial charge is 0.355 e. The minimum absolute atomic E-state index is 0.182. The van der Waals surface area contributed by atoms with E-state index in [9.17, 15) is 4.79 Å². The van der Waals surface area contributed by atoms with Crippen molar-refractivity contribution in [2.45, 2.75) is 58.2 Å². The van der Waals surface area contributed by atoms with Gasteiger partial charge in [-0.25, -0.2) is 0 Å². The maximum Gasteiger partial charge on any atom is 0.230 e. The van der Waals surface area contributed by atoms with Crippen molar-refractivity contribution in [3.05, 3.63) is 0 Å². The van der Waals surface area contributed by atoms with Gasteiger partial charge in [-0.05, 0) is 31.2 Å². The van der Waals surface area contributed by atoms with Crippen LogP contribution in [0.5, 0.6) is 0 Å². The highest BCUT2D eigenvalue weighted by Crippen LogP contribution is 2.42. The van der Waals surface area contributed by atoms with Crippen molar-refractivity contribution in [3.8, 4) is 0 Å². The van der Waals surface area contributed by atoms with Gasteiger partial charge >= 0.3 is 0 Å². The molecule has 0 heterocycles. The van der Waals surface area contributed by atoms with Crippen molar-refractivity contribution in [2.24, 2.45) is 5.41 Å². The summed E-state index contributed by atoms with van der Waals surface area (Å²) < 4.78 is 0. The Morgan fingerprint density at radius 3 is 2.72 bits per heavy atom. The average Bonchev–Trinajstić information content (AvgIpc) is 2.61. The van der Waals surface area contributed by atoms with Gasteiger partial charge in [0.25, 0.3) is 0 Å². The molecule has 1 aliphatic carbocycles. The second kappa shape index (κ2) is 7.39. The molecule has 3 nitrogen and oxygen atoms in total. The summed E-state index contributed by atoms with van der Waals surface area (Å²) in [6.45, 7) is 10.7. The maximum atomic E-state index is 11.6. The Morgan fingerprint density at radius 1 is 1.39 bits per heavy atom. The molecule has 1 amide bonds. The number of hydrogen-bond acceptors (Lipinski definition) is 3. The first kappa shape index (κ1) is 15.8. The third-order valence-electron chi connectivity index (χ3n) is 3.71. The number of thioether (sulfide) groups is 1. The van der Waals surface area contributed by atoms with E-state index in [0.717, 1.165) is 19.5 Å². The van der Waals surface area contributed by atoms with Crippen molar-refractivity contribution in [1.29, 1.82) is 0 Å². The van der Waals surface area contributed by atoms with Crippen LogP contribution in [-0.4, -0.2) is 36.0 Å². The second-order valence-electron chi connectivity index (χ2n) is 5.76. The maximum absolute atomic E-state index is 11.6. The lowest BCUT2D eigenvalue weighted by Crippen LogP contribution is -2.43. The lowest BCUT2D eigenvalue weighted by molar-refractivity contribution is -0.118. The number of amides is 1. The number of carbonyl (C=O) groups is 1. The first-order chi connectivity index (χ1) is 8.51. The van der Waals surface area contributed by atoms with Crippen LogP contribution in [-0.2, 0) is 4.79 Å². The van der Waals surface area contributed by atoms with E-state index in [1.165, 1.54) is 12.8 Å². The third kappa shape index (κ3) is 4.47. The van der Waals surface area contributed by atoms with Crippen LogP contribution in [0.1, 0.15) is 47.0 Å². The van der Waals surface area contributed by atoms with Gasteiger partial charge in [0.1, 0.15) is 0 Å². The average molecular weight is 272 g/mol. The van der Waals surface area contributed by atoms with E-state index in [2.05, 4.69) is 38.3 Å². The zero-order chi connectivity index (χ0) is 13.6. The summed E-state index contributed by atoms with van der Waals surface area (Å²) >= 11 is 1.82. The van der Waals surface area contributed by atoms with Crippen molar-refractivity contribution in [1.82, 2.24) is 10.6 Å². The molecule has 0 aromatic carbocycles. The normalized spacial score (nSPS) is 26.2. The number of rotatable bonds is 7. The van der Waals surface area contributed by atoms with Gasteiger partial charge in [0, 0.05) is 17.8 Å². The SMILES string of the molecule is CCCNC(=O)CSC1CCC(C)(C)C1NCC. The Balaban J connectivity index is 2.39. The summed E-state index contributed by atoms with van der Waals surface area (Å²) in [7, 11) is 0. The van der Waals surface area contributed by atoms with Crippen molar-refractivity contribution >= 4 is 17.7 Å². The van der Waals surface area contributed by atoms with Gasteiger partial charge < -0.3 is 10.6 Å². The highest BCUT2D eigenvalue weighted by Gasteiger charge is 2.41. The molecule has 0 bridgehead atoms. The molecule has 1 aliphatic rings. The van der Waals surface area contributed by atoms with Gasteiger partial charge in [0.15, 0.2) is 0 Å². The molecule has 106 valence electrons. The zero-order valence-electron chi connectivity index (χ0n) is 12.2. The van der Waals surface area contributed by atoms with E-state index < -0.39 is 0 Å². The van der Waals surface area contributed by atoms with Gasteiger partial charge in [-0.15, -0.1) is 11.8 Å². The molecule has 0 aromatic rings. The summed E-state index contributed by atoms with van der Waals surface area (Å²) in [4.78, 5) is 11.6. The molecule has 0 aromatic heterocycles. The Labute approximate surface area is 116 Å². The van der Waals surface area contributed by atoms with E-state index in [4.69, 9.17) is 0 Å². The minimum atomic E-state index is 0.182. The van der Waals surface area contributed by atoms with Gasteiger partial charge in [-0.2, -0.15) is 0 Å². The van der Waals surface area contributed by atoms with Crippen LogP contribution in [0.25, 0.3) is 0 Å². The van der Waals surface area contributed by atoms with E-state index in [-0.39, 0.29) is 5.91 Å². The van der Waals surface area contributed by atoms with E-state index in [0.29, 0.717) is 22.5 Å². The molecular formula is C14H28N2OS. The van der Waals surface area contributed by atoms with E-state index in [1.54, 1.807) is 0 Å². The smallest absolute Gasteiger partial charge is 0.230 e. The molecule has 4 heteroatoms. The zero-order valence-corrected chi connectivity index (χ0v) is 13.0. The van der Waals surface area contributed by atoms with Crippen LogP contribution in [0.3, 0.4) is 0 Å². The second-order valence-corrected chi connectivity index (χ2v) is 6.99.